The summed E-state index contributed by atoms with van der Waals surface area (Å²) >= 11 is 5.85. The van der Waals surface area contributed by atoms with E-state index in [2.05, 4.69) is 0 Å². The Bertz CT molecular complexity index is 683. The summed E-state index contributed by atoms with van der Waals surface area (Å²) < 4.78 is 39.8. The maximum absolute atomic E-state index is 13.6. The minimum Gasteiger partial charge on any atom is -0.294 e. The van der Waals surface area contributed by atoms with Gasteiger partial charge in [0.05, 0.1) is 5.56 Å². The molecule has 0 bridgehead atoms. The van der Waals surface area contributed by atoms with Crippen LogP contribution >= 0.6 is 11.6 Å². The molecule has 0 aliphatic carbocycles. The van der Waals surface area contributed by atoms with Crippen LogP contribution in [-0.4, -0.2) is 5.78 Å². The van der Waals surface area contributed by atoms with E-state index in [0.717, 1.165) is 12.1 Å². The lowest BCUT2D eigenvalue weighted by Gasteiger charge is -2.07. The van der Waals surface area contributed by atoms with Gasteiger partial charge in [-0.1, -0.05) is 11.6 Å². The molecule has 0 amide bonds. The lowest BCUT2D eigenvalue weighted by molar-refractivity contribution is 0.0989. The van der Waals surface area contributed by atoms with Crippen LogP contribution in [0.1, 0.15) is 21.5 Å². The second-order valence-corrected chi connectivity index (χ2v) is 4.82. The first-order valence-corrected chi connectivity index (χ1v) is 6.19. The lowest BCUT2D eigenvalue weighted by atomic mass is 10.0. The van der Waals surface area contributed by atoms with Gasteiger partial charge in [0, 0.05) is 17.5 Å². The third kappa shape index (κ3) is 3.02. The Labute approximate surface area is 119 Å². The van der Waals surface area contributed by atoms with Gasteiger partial charge in [-0.05, 0) is 42.3 Å². The molecule has 0 radical (unpaired) electrons. The number of ketones is 1. The van der Waals surface area contributed by atoms with Gasteiger partial charge in [0.1, 0.15) is 17.5 Å². The predicted octanol–water partition coefficient (Wildman–Crippen LogP) is 4.49. The highest BCUT2D eigenvalue weighted by molar-refractivity contribution is 6.31. The van der Waals surface area contributed by atoms with E-state index < -0.39 is 23.2 Å². The molecule has 0 spiro atoms. The van der Waals surface area contributed by atoms with Gasteiger partial charge in [0.2, 0.25) is 0 Å². The minimum atomic E-state index is -0.939. The summed E-state index contributed by atoms with van der Waals surface area (Å²) in [6, 6.07) is 5.41. The lowest BCUT2D eigenvalue weighted by Crippen LogP contribution is -2.08. The van der Waals surface area contributed by atoms with E-state index in [0.29, 0.717) is 6.07 Å². The highest BCUT2D eigenvalue weighted by atomic mass is 35.5. The highest BCUT2D eigenvalue weighted by Crippen LogP contribution is 2.21. The summed E-state index contributed by atoms with van der Waals surface area (Å²) in [7, 11) is 0. The minimum absolute atomic E-state index is 0.167. The van der Waals surface area contributed by atoms with Crippen molar-refractivity contribution in [1.29, 1.82) is 0 Å². The van der Waals surface area contributed by atoms with Crippen LogP contribution in [0.15, 0.2) is 30.3 Å². The van der Waals surface area contributed by atoms with Crippen LogP contribution in [0, 0.1) is 24.4 Å². The fraction of sp³-hybridized carbons (Fsp3) is 0.133. The van der Waals surface area contributed by atoms with Crippen molar-refractivity contribution in [2.45, 2.75) is 13.3 Å². The summed E-state index contributed by atoms with van der Waals surface area (Å²) in [6.45, 7) is 1.43. The van der Waals surface area contributed by atoms with Crippen LogP contribution in [0.25, 0.3) is 0 Å². The highest BCUT2D eigenvalue weighted by Gasteiger charge is 2.16. The molecular weight excluding hydrogens is 289 g/mol. The van der Waals surface area contributed by atoms with E-state index >= 15 is 0 Å². The van der Waals surface area contributed by atoms with Gasteiger partial charge in [-0.3, -0.25) is 4.79 Å². The summed E-state index contributed by atoms with van der Waals surface area (Å²) in [6.07, 6.45) is -0.251. The molecule has 0 saturated heterocycles. The summed E-state index contributed by atoms with van der Waals surface area (Å²) in [5, 5.41) is 0.221. The van der Waals surface area contributed by atoms with Gasteiger partial charge in [0.25, 0.3) is 0 Å². The van der Waals surface area contributed by atoms with E-state index in [9.17, 15) is 18.0 Å². The number of hydrogen-bond acceptors (Lipinski definition) is 1. The first kappa shape index (κ1) is 14.6. The van der Waals surface area contributed by atoms with Gasteiger partial charge in [-0.2, -0.15) is 0 Å². The third-order valence-corrected chi connectivity index (χ3v) is 3.28. The molecule has 0 unspecified atom stereocenters. The number of rotatable bonds is 3. The standard InChI is InChI=1S/C15H10ClF3O/c1-8-4-11(14(19)7-13(8)18)15(20)6-9-5-10(17)2-3-12(9)16/h2-5,7H,6H2,1H3. The second-order valence-electron chi connectivity index (χ2n) is 4.42. The van der Waals surface area contributed by atoms with E-state index in [1.165, 1.54) is 19.1 Å². The Hall–Kier alpha value is -1.81. The van der Waals surface area contributed by atoms with Gasteiger partial charge in [-0.25, -0.2) is 13.2 Å². The molecule has 20 heavy (non-hydrogen) atoms. The van der Waals surface area contributed by atoms with Gasteiger partial charge >= 0.3 is 0 Å². The van der Waals surface area contributed by atoms with Crippen LogP contribution < -0.4 is 0 Å². The molecular formula is C15H10ClF3O. The van der Waals surface area contributed by atoms with Crippen molar-refractivity contribution in [3.05, 3.63) is 69.5 Å². The second kappa shape index (κ2) is 5.67. The van der Waals surface area contributed by atoms with Crippen LogP contribution in [0.4, 0.5) is 13.2 Å². The average molecular weight is 299 g/mol. The van der Waals surface area contributed by atoms with Crippen LogP contribution in [0.2, 0.25) is 5.02 Å². The third-order valence-electron chi connectivity index (χ3n) is 2.91. The maximum Gasteiger partial charge on any atom is 0.170 e. The van der Waals surface area contributed by atoms with E-state index in [1.807, 2.05) is 0 Å². The van der Waals surface area contributed by atoms with Crippen molar-refractivity contribution in [2.75, 3.05) is 0 Å². The van der Waals surface area contributed by atoms with Crippen molar-refractivity contribution < 1.29 is 18.0 Å². The number of hydrogen-bond donors (Lipinski definition) is 0. The molecule has 104 valence electrons. The Morgan fingerprint density at radius 2 is 1.80 bits per heavy atom. The number of Topliss-reactive ketones (excluding diaryl/α,β-unsaturated/α-hetero) is 1. The van der Waals surface area contributed by atoms with E-state index in [-0.39, 0.29) is 28.1 Å². The molecule has 0 aliphatic heterocycles. The fourth-order valence-corrected chi connectivity index (χ4v) is 2.00. The molecule has 2 aromatic rings. The number of carbonyl (C=O) groups excluding carboxylic acids is 1. The molecule has 0 aliphatic rings. The molecule has 0 saturated carbocycles. The van der Waals surface area contributed by atoms with Gasteiger partial charge < -0.3 is 0 Å². The van der Waals surface area contributed by atoms with Crippen LogP contribution in [0.3, 0.4) is 0 Å². The molecule has 1 nitrogen and oxygen atoms in total. The Morgan fingerprint density at radius 3 is 2.50 bits per heavy atom. The Kier molecular flexibility index (Phi) is 4.14. The zero-order chi connectivity index (χ0) is 14.9. The number of carbonyl (C=O) groups is 1. The molecule has 5 heteroatoms. The quantitative estimate of drug-likeness (QED) is 0.763. The van der Waals surface area contributed by atoms with Gasteiger partial charge in [-0.15, -0.1) is 0 Å². The van der Waals surface area contributed by atoms with Crippen LogP contribution in [0.5, 0.6) is 0 Å². The molecule has 2 rings (SSSR count). The average Bonchev–Trinajstić information content (AvgIpc) is 2.38. The molecule has 0 fully saturated rings. The zero-order valence-electron chi connectivity index (χ0n) is 10.5. The van der Waals surface area contributed by atoms with Gasteiger partial charge in [0.15, 0.2) is 5.78 Å². The summed E-state index contributed by atoms with van der Waals surface area (Å²) in [5.74, 6) is -2.78. The first-order chi connectivity index (χ1) is 9.38. The number of aryl methyl sites for hydroxylation is 1. The molecule has 2 aromatic carbocycles. The number of halogens is 4. The first-order valence-electron chi connectivity index (χ1n) is 5.81. The smallest absolute Gasteiger partial charge is 0.170 e. The largest absolute Gasteiger partial charge is 0.294 e. The predicted molar refractivity (Wildman–Crippen MR) is 70.5 cm³/mol. The zero-order valence-corrected chi connectivity index (χ0v) is 11.3. The molecule has 0 N–H and O–H groups in total. The Morgan fingerprint density at radius 1 is 1.10 bits per heavy atom. The van der Waals surface area contributed by atoms with Crippen molar-refractivity contribution in [2.24, 2.45) is 0 Å². The molecule has 0 heterocycles. The van der Waals surface area contributed by atoms with Crippen molar-refractivity contribution >= 4 is 17.4 Å². The van der Waals surface area contributed by atoms with Crippen molar-refractivity contribution in [3.63, 3.8) is 0 Å². The van der Waals surface area contributed by atoms with Crippen molar-refractivity contribution in [3.8, 4) is 0 Å². The molecule has 0 atom stereocenters. The Balaban J connectivity index is 2.33. The van der Waals surface area contributed by atoms with E-state index in [1.54, 1.807) is 0 Å². The molecule has 0 aromatic heterocycles. The summed E-state index contributed by atoms with van der Waals surface area (Å²) in [5.41, 5.74) is 0.197. The summed E-state index contributed by atoms with van der Waals surface area (Å²) in [4.78, 5) is 12.0. The van der Waals surface area contributed by atoms with Crippen LogP contribution in [-0.2, 0) is 6.42 Å². The normalized spacial score (nSPS) is 10.7. The van der Waals surface area contributed by atoms with Crippen molar-refractivity contribution in [1.82, 2.24) is 0 Å². The SMILES string of the molecule is Cc1cc(C(=O)Cc2cc(F)ccc2Cl)c(F)cc1F. The monoisotopic (exact) mass is 298 g/mol. The maximum atomic E-state index is 13.6. The fourth-order valence-electron chi connectivity index (χ4n) is 1.82. The topological polar surface area (TPSA) is 17.1 Å². The van der Waals surface area contributed by atoms with E-state index in [4.69, 9.17) is 11.6 Å². The number of benzene rings is 2.